The van der Waals surface area contributed by atoms with Gasteiger partial charge < -0.3 is 11.1 Å². The first kappa shape index (κ1) is 13.5. The molecule has 106 valence electrons. The lowest BCUT2D eigenvalue weighted by molar-refractivity contribution is 0.314. The van der Waals surface area contributed by atoms with Crippen LogP contribution < -0.4 is 11.1 Å². The zero-order valence-corrected chi connectivity index (χ0v) is 12.3. The third-order valence-electron chi connectivity index (χ3n) is 3.70. The third kappa shape index (κ3) is 2.99. The van der Waals surface area contributed by atoms with E-state index in [1.54, 1.807) is 0 Å². The quantitative estimate of drug-likeness (QED) is 0.845. The molecule has 20 heavy (non-hydrogen) atoms. The summed E-state index contributed by atoms with van der Waals surface area (Å²) >= 11 is 2.05. The van der Waals surface area contributed by atoms with Crippen LogP contribution in [0.4, 0.5) is 11.4 Å². The lowest BCUT2D eigenvalue weighted by Gasteiger charge is -2.26. The number of pyridine rings is 1. The maximum absolute atomic E-state index is 5.99. The van der Waals surface area contributed by atoms with Crippen LogP contribution in [0.15, 0.2) is 30.6 Å². The van der Waals surface area contributed by atoms with E-state index < -0.39 is 0 Å². The van der Waals surface area contributed by atoms with Crippen LogP contribution in [0.1, 0.15) is 0 Å². The summed E-state index contributed by atoms with van der Waals surface area (Å²) in [5.41, 5.74) is 7.92. The molecule has 0 saturated carbocycles. The van der Waals surface area contributed by atoms with Gasteiger partial charge in [-0.2, -0.15) is 11.8 Å². The van der Waals surface area contributed by atoms with E-state index in [2.05, 4.69) is 21.3 Å². The Morgan fingerprint density at radius 3 is 2.90 bits per heavy atom. The summed E-state index contributed by atoms with van der Waals surface area (Å²) in [6.45, 7) is 4.47. The number of hydrogen-bond donors (Lipinski definition) is 2. The van der Waals surface area contributed by atoms with E-state index in [0.29, 0.717) is 0 Å². The normalized spacial score (nSPS) is 16.4. The summed E-state index contributed by atoms with van der Waals surface area (Å²) in [7, 11) is 0. The van der Waals surface area contributed by atoms with Crippen molar-refractivity contribution in [3.05, 3.63) is 30.6 Å². The second-order valence-electron chi connectivity index (χ2n) is 5.00. The molecular formula is C15H20N4S. The van der Waals surface area contributed by atoms with Gasteiger partial charge in [0.1, 0.15) is 0 Å². The molecule has 1 fully saturated rings. The minimum absolute atomic E-state index is 0.784. The highest BCUT2D eigenvalue weighted by Crippen LogP contribution is 2.27. The van der Waals surface area contributed by atoms with Crippen LogP contribution in [0.5, 0.6) is 0 Å². The molecule has 0 unspecified atom stereocenters. The molecule has 0 aliphatic carbocycles. The Morgan fingerprint density at radius 2 is 2.05 bits per heavy atom. The number of thioether (sulfide) groups is 1. The average molecular weight is 288 g/mol. The van der Waals surface area contributed by atoms with Gasteiger partial charge in [0, 0.05) is 72.2 Å². The fourth-order valence-electron chi connectivity index (χ4n) is 2.54. The third-order valence-corrected chi connectivity index (χ3v) is 4.64. The van der Waals surface area contributed by atoms with Gasteiger partial charge in [-0.1, -0.05) is 0 Å². The molecule has 3 rings (SSSR count). The lowest BCUT2D eigenvalue weighted by atomic mass is 10.1. The van der Waals surface area contributed by atoms with Gasteiger partial charge in [-0.3, -0.25) is 9.88 Å². The predicted octanol–water partition coefficient (Wildman–Crippen LogP) is 2.28. The van der Waals surface area contributed by atoms with Gasteiger partial charge in [-0.05, 0) is 18.2 Å². The molecule has 2 heterocycles. The number of aromatic nitrogens is 1. The number of nitrogen functional groups attached to an aromatic ring is 1. The zero-order valence-electron chi connectivity index (χ0n) is 11.5. The largest absolute Gasteiger partial charge is 0.398 e. The molecule has 0 spiro atoms. The molecule has 1 aromatic heterocycles. The molecule has 1 aromatic carbocycles. The molecule has 1 saturated heterocycles. The van der Waals surface area contributed by atoms with Gasteiger partial charge in [0.05, 0.1) is 0 Å². The number of rotatable bonds is 4. The monoisotopic (exact) mass is 288 g/mol. The number of nitrogens with two attached hydrogens (primary N) is 1. The summed E-state index contributed by atoms with van der Waals surface area (Å²) < 4.78 is 0. The van der Waals surface area contributed by atoms with Gasteiger partial charge >= 0.3 is 0 Å². The van der Waals surface area contributed by atoms with E-state index in [1.807, 2.05) is 36.3 Å². The van der Waals surface area contributed by atoms with E-state index >= 15 is 0 Å². The van der Waals surface area contributed by atoms with E-state index in [-0.39, 0.29) is 0 Å². The topological polar surface area (TPSA) is 54.2 Å². The Hall–Kier alpha value is -1.46. The van der Waals surface area contributed by atoms with Gasteiger partial charge in [0.2, 0.25) is 0 Å². The van der Waals surface area contributed by atoms with Crippen molar-refractivity contribution in [2.24, 2.45) is 0 Å². The Labute approximate surface area is 123 Å². The highest BCUT2D eigenvalue weighted by atomic mass is 32.2. The number of hydrogen-bond acceptors (Lipinski definition) is 5. The number of nitrogens with one attached hydrogen (secondary N) is 1. The van der Waals surface area contributed by atoms with Crippen LogP contribution in [0.2, 0.25) is 0 Å². The summed E-state index contributed by atoms with van der Waals surface area (Å²) in [4.78, 5) is 6.67. The molecule has 2 aromatic rings. The van der Waals surface area contributed by atoms with Crippen molar-refractivity contribution < 1.29 is 0 Å². The van der Waals surface area contributed by atoms with Crippen LogP contribution >= 0.6 is 11.8 Å². The van der Waals surface area contributed by atoms with Crippen molar-refractivity contribution in [1.82, 2.24) is 9.88 Å². The van der Waals surface area contributed by atoms with Crippen molar-refractivity contribution in [2.45, 2.75) is 0 Å². The fourth-order valence-corrected chi connectivity index (χ4v) is 3.52. The maximum atomic E-state index is 5.99. The summed E-state index contributed by atoms with van der Waals surface area (Å²) in [6, 6.07) is 6.03. The van der Waals surface area contributed by atoms with Gasteiger partial charge in [0.25, 0.3) is 0 Å². The number of benzene rings is 1. The van der Waals surface area contributed by atoms with Gasteiger partial charge in [-0.15, -0.1) is 0 Å². The molecule has 4 nitrogen and oxygen atoms in total. The minimum atomic E-state index is 0.784. The molecular weight excluding hydrogens is 268 g/mol. The van der Waals surface area contributed by atoms with Crippen LogP contribution in [0.25, 0.3) is 10.8 Å². The minimum Gasteiger partial charge on any atom is -0.398 e. The number of fused-ring (bicyclic) bond motifs is 1. The van der Waals surface area contributed by atoms with Crippen LogP contribution in [0, 0.1) is 0 Å². The summed E-state index contributed by atoms with van der Waals surface area (Å²) in [5.74, 6) is 2.52. The highest BCUT2D eigenvalue weighted by Gasteiger charge is 2.10. The molecule has 1 aliphatic rings. The fraction of sp³-hybridized carbons (Fsp3) is 0.400. The second kappa shape index (κ2) is 6.33. The molecule has 0 amide bonds. The van der Waals surface area contributed by atoms with Crippen molar-refractivity contribution in [1.29, 1.82) is 0 Å². The first-order chi connectivity index (χ1) is 9.84. The van der Waals surface area contributed by atoms with Gasteiger partial charge in [0.15, 0.2) is 0 Å². The van der Waals surface area contributed by atoms with E-state index in [0.717, 1.165) is 35.2 Å². The van der Waals surface area contributed by atoms with Crippen molar-refractivity contribution in [3.8, 4) is 0 Å². The number of nitrogens with zero attached hydrogens (tertiary/aromatic N) is 2. The Kier molecular flexibility index (Phi) is 4.28. The zero-order chi connectivity index (χ0) is 13.8. The van der Waals surface area contributed by atoms with Crippen LogP contribution in [-0.2, 0) is 0 Å². The molecule has 0 bridgehead atoms. The predicted molar refractivity (Wildman–Crippen MR) is 88.4 cm³/mol. The van der Waals surface area contributed by atoms with Crippen LogP contribution in [0.3, 0.4) is 0 Å². The summed E-state index contributed by atoms with van der Waals surface area (Å²) in [6.07, 6.45) is 3.65. The molecule has 0 radical (unpaired) electrons. The van der Waals surface area contributed by atoms with Crippen LogP contribution in [-0.4, -0.2) is 47.6 Å². The Bertz CT molecular complexity index is 581. The molecule has 1 aliphatic heterocycles. The standard InChI is InChI=1S/C15H20N4S/c16-14-1-2-15(12-3-4-17-11-13(12)14)18-5-6-19-7-9-20-10-8-19/h1-4,11,18H,5-10,16H2. The van der Waals surface area contributed by atoms with Crippen molar-refractivity contribution >= 4 is 33.9 Å². The number of anilines is 2. The lowest BCUT2D eigenvalue weighted by Crippen LogP contribution is -2.36. The second-order valence-corrected chi connectivity index (χ2v) is 6.23. The van der Waals surface area contributed by atoms with E-state index in [1.165, 1.54) is 24.6 Å². The SMILES string of the molecule is Nc1ccc(NCCN2CCSCC2)c2ccncc12. The van der Waals surface area contributed by atoms with E-state index in [4.69, 9.17) is 5.73 Å². The smallest absolute Gasteiger partial charge is 0.0422 e. The maximum Gasteiger partial charge on any atom is 0.0422 e. The first-order valence-electron chi connectivity index (χ1n) is 7.01. The summed E-state index contributed by atoms with van der Waals surface area (Å²) in [5, 5.41) is 5.70. The Balaban J connectivity index is 1.67. The first-order valence-corrected chi connectivity index (χ1v) is 8.16. The molecule has 3 N–H and O–H groups in total. The molecule has 5 heteroatoms. The Morgan fingerprint density at radius 1 is 1.20 bits per heavy atom. The van der Waals surface area contributed by atoms with E-state index in [9.17, 15) is 0 Å². The average Bonchev–Trinajstić information content (AvgIpc) is 2.51. The highest BCUT2D eigenvalue weighted by molar-refractivity contribution is 7.99. The molecule has 0 atom stereocenters. The van der Waals surface area contributed by atoms with Gasteiger partial charge in [-0.25, -0.2) is 0 Å². The van der Waals surface area contributed by atoms with Crippen molar-refractivity contribution in [2.75, 3.05) is 48.7 Å². The van der Waals surface area contributed by atoms with Crippen molar-refractivity contribution in [3.63, 3.8) is 0 Å².